The van der Waals surface area contributed by atoms with E-state index in [1.807, 2.05) is 0 Å². The van der Waals surface area contributed by atoms with E-state index in [0.717, 1.165) is 6.20 Å². The molecule has 1 rings (SSSR count). The highest BCUT2D eigenvalue weighted by Crippen LogP contribution is 2.11. The van der Waals surface area contributed by atoms with Gasteiger partial charge in [0.1, 0.15) is 18.1 Å². The van der Waals surface area contributed by atoms with E-state index in [0.29, 0.717) is 11.4 Å². The zero-order valence-corrected chi connectivity index (χ0v) is 8.95. The molecule has 0 aliphatic rings. The Labute approximate surface area is 92.3 Å². The van der Waals surface area contributed by atoms with Crippen molar-refractivity contribution in [3.8, 4) is 5.75 Å². The zero-order chi connectivity index (χ0) is 12.0. The van der Waals surface area contributed by atoms with Crippen LogP contribution in [0.2, 0.25) is 0 Å². The Morgan fingerprint density at radius 3 is 2.75 bits per heavy atom. The van der Waals surface area contributed by atoms with Gasteiger partial charge in [-0.3, -0.25) is 10.1 Å². The number of ether oxygens (including phenoxy) is 1. The first-order chi connectivity index (χ1) is 7.63. The third-order valence-electron chi connectivity index (χ3n) is 1.82. The predicted molar refractivity (Wildman–Crippen MR) is 56.3 cm³/mol. The summed E-state index contributed by atoms with van der Waals surface area (Å²) in [5.41, 5.74) is 0.369. The van der Waals surface area contributed by atoms with E-state index < -0.39 is 11.0 Å². The van der Waals surface area contributed by atoms with Crippen molar-refractivity contribution in [2.24, 2.45) is 0 Å². The number of aromatic nitrogens is 2. The summed E-state index contributed by atoms with van der Waals surface area (Å²) in [5.74, 6) is 0.458. The summed E-state index contributed by atoms with van der Waals surface area (Å²) in [4.78, 5) is 17.3. The molecule has 0 aliphatic heterocycles. The largest absolute Gasteiger partial charge is 0.481 e. The molecule has 0 saturated carbocycles. The molecule has 7 nitrogen and oxygen atoms in total. The summed E-state index contributed by atoms with van der Waals surface area (Å²) in [6, 6.07) is 0. The molecular weight excluding hydrogens is 212 g/mol. The molecule has 0 fully saturated rings. The summed E-state index contributed by atoms with van der Waals surface area (Å²) in [5, 5.41) is 13.0. The molecule has 7 heteroatoms. The molecule has 0 aromatic carbocycles. The average Bonchev–Trinajstić information content (AvgIpc) is 2.26. The van der Waals surface area contributed by atoms with Gasteiger partial charge in [0.15, 0.2) is 5.75 Å². The minimum absolute atomic E-state index is 0.369. The zero-order valence-electron chi connectivity index (χ0n) is 8.95. The van der Waals surface area contributed by atoms with Gasteiger partial charge in [-0.15, -0.1) is 0 Å². The molecule has 1 aromatic rings. The maximum absolute atomic E-state index is 10.3. The molecule has 0 aliphatic carbocycles. The first kappa shape index (κ1) is 11.9. The second-order valence-electron chi connectivity index (χ2n) is 2.95. The Hall–Kier alpha value is -2.18. The van der Waals surface area contributed by atoms with E-state index in [2.05, 4.69) is 15.3 Å². The van der Waals surface area contributed by atoms with Crippen molar-refractivity contribution in [3.63, 3.8) is 0 Å². The number of hydrogen-bond acceptors (Lipinski definition) is 6. The van der Waals surface area contributed by atoms with Gasteiger partial charge in [-0.2, -0.15) is 0 Å². The van der Waals surface area contributed by atoms with Gasteiger partial charge in [0.2, 0.25) is 0 Å². The number of nitrogens with one attached hydrogen (secondary N) is 1. The van der Waals surface area contributed by atoms with Crippen molar-refractivity contribution in [2.75, 3.05) is 7.05 Å². The van der Waals surface area contributed by atoms with Crippen LogP contribution in [0, 0.1) is 10.1 Å². The van der Waals surface area contributed by atoms with Crippen molar-refractivity contribution in [3.05, 3.63) is 40.7 Å². The lowest BCUT2D eigenvalue weighted by atomic mass is 10.3. The van der Waals surface area contributed by atoms with Crippen LogP contribution in [0.4, 0.5) is 0 Å². The first-order valence-corrected chi connectivity index (χ1v) is 4.58. The van der Waals surface area contributed by atoms with Crippen LogP contribution in [0.5, 0.6) is 5.75 Å². The van der Waals surface area contributed by atoms with Crippen molar-refractivity contribution in [1.82, 2.24) is 15.3 Å². The molecule has 1 heterocycles. The standard InChI is InChI=1S/C9H12N4O3/c1-7(9(10-2)5-13(14)15)16-8-3-11-6-12-4-8/h3-7,10H,1-2H3. The van der Waals surface area contributed by atoms with Crippen LogP contribution in [0.1, 0.15) is 6.92 Å². The number of likely N-dealkylation sites (N-methyl/N-ethyl adjacent to an activating group) is 1. The van der Waals surface area contributed by atoms with E-state index in [1.165, 1.54) is 18.7 Å². The minimum atomic E-state index is -0.535. The Morgan fingerprint density at radius 2 is 2.25 bits per heavy atom. The molecule has 1 unspecified atom stereocenters. The normalized spacial score (nSPS) is 13.0. The molecule has 86 valence electrons. The van der Waals surface area contributed by atoms with Crippen molar-refractivity contribution in [1.29, 1.82) is 0 Å². The van der Waals surface area contributed by atoms with Crippen molar-refractivity contribution in [2.45, 2.75) is 13.0 Å². The smallest absolute Gasteiger partial charge is 0.257 e. The third kappa shape index (κ3) is 3.52. The molecular formula is C9H12N4O3. The van der Waals surface area contributed by atoms with Crippen molar-refractivity contribution >= 4 is 0 Å². The highest BCUT2D eigenvalue weighted by Gasteiger charge is 2.13. The fourth-order valence-electron chi connectivity index (χ4n) is 1.10. The monoisotopic (exact) mass is 224 g/mol. The Kier molecular flexibility index (Phi) is 4.19. The van der Waals surface area contributed by atoms with Crippen LogP contribution in [0.3, 0.4) is 0 Å². The summed E-state index contributed by atoms with van der Waals surface area (Å²) in [6.45, 7) is 1.69. The van der Waals surface area contributed by atoms with Gasteiger partial charge in [-0.25, -0.2) is 9.97 Å². The maximum atomic E-state index is 10.3. The van der Waals surface area contributed by atoms with Gasteiger partial charge in [-0.05, 0) is 6.92 Å². The highest BCUT2D eigenvalue weighted by molar-refractivity contribution is 5.13. The number of rotatable bonds is 5. The predicted octanol–water partition coefficient (Wildman–Crippen LogP) is 0.581. The van der Waals surface area contributed by atoms with E-state index >= 15 is 0 Å². The summed E-state index contributed by atoms with van der Waals surface area (Å²) in [6.07, 6.45) is 4.75. The third-order valence-corrected chi connectivity index (χ3v) is 1.82. The lowest BCUT2D eigenvalue weighted by Gasteiger charge is -2.15. The Morgan fingerprint density at radius 1 is 1.62 bits per heavy atom. The van der Waals surface area contributed by atoms with Gasteiger partial charge in [0.25, 0.3) is 6.20 Å². The van der Waals surface area contributed by atoms with E-state index in [1.54, 1.807) is 14.0 Å². The molecule has 1 N–H and O–H groups in total. The fourth-order valence-corrected chi connectivity index (χ4v) is 1.10. The quantitative estimate of drug-likeness (QED) is 0.581. The topological polar surface area (TPSA) is 90.2 Å². The SMILES string of the molecule is CNC(=C[N+](=O)[O-])C(C)Oc1cncnc1. The van der Waals surface area contributed by atoms with Crippen LogP contribution < -0.4 is 10.1 Å². The van der Waals surface area contributed by atoms with Gasteiger partial charge >= 0.3 is 0 Å². The van der Waals surface area contributed by atoms with E-state index in [-0.39, 0.29) is 0 Å². The molecule has 0 bridgehead atoms. The molecule has 0 spiro atoms. The summed E-state index contributed by atoms with van der Waals surface area (Å²) < 4.78 is 5.41. The van der Waals surface area contributed by atoms with Crippen LogP contribution in [-0.2, 0) is 0 Å². The number of nitrogens with zero attached hydrogens (tertiary/aromatic N) is 3. The fraction of sp³-hybridized carbons (Fsp3) is 0.333. The van der Waals surface area contributed by atoms with Gasteiger partial charge < -0.3 is 10.1 Å². The second-order valence-corrected chi connectivity index (χ2v) is 2.95. The van der Waals surface area contributed by atoms with Gasteiger partial charge in [-0.1, -0.05) is 0 Å². The molecule has 1 atom stereocenters. The molecule has 0 radical (unpaired) electrons. The number of hydrogen-bond donors (Lipinski definition) is 1. The Balaban J connectivity index is 2.70. The first-order valence-electron chi connectivity index (χ1n) is 4.58. The number of nitro groups is 1. The highest BCUT2D eigenvalue weighted by atomic mass is 16.6. The second kappa shape index (κ2) is 5.64. The minimum Gasteiger partial charge on any atom is -0.481 e. The van der Waals surface area contributed by atoms with E-state index in [4.69, 9.17) is 4.74 Å². The van der Waals surface area contributed by atoms with Crippen molar-refractivity contribution < 1.29 is 9.66 Å². The molecule has 1 aromatic heterocycles. The maximum Gasteiger partial charge on any atom is 0.257 e. The van der Waals surface area contributed by atoms with Crippen LogP contribution in [0.25, 0.3) is 0 Å². The Bertz CT molecular complexity index is 380. The van der Waals surface area contributed by atoms with Crippen LogP contribution in [-0.4, -0.2) is 28.0 Å². The molecule has 16 heavy (non-hydrogen) atoms. The lowest BCUT2D eigenvalue weighted by Crippen LogP contribution is -2.25. The van der Waals surface area contributed by atoms with Crippen LogP contribution >= 0.6 is 0 Å². The molecule has 0 amide bonds. The average molecular weight is 224 g/mol. The van der Waals surface area contributed by atoms with Crippen LogP contribution in [0.15, 0.2) is 30.6 Å². The molecule has 0 saturated heterocycles. The van der Waals surface area contributed by atoms with Gasteiger partial charge in [0, 0.05) is 7.05 Å². The lowest BCUT2D eigenvalue weighted by molar-refractivity contribution is -0.404. The summed E-state index contributed by atoms with van der Waals surface area (Å²) >= 11 is 0. The summed E-state index contributed by atoms with van der Waals surface area (Å²) in [7, 11) is 1.59. The van der Waals surface area contributed by atoms with E-state index in [9.17, 15) is 10.1 Å². The van der Waals surface area contributed by atoms with Gasteiger partial charge in [0.05, 0.1) is 17.3 Å².